The number of pyridine rings is 1. The minimum atomic E-state index is -0.337. The van der Waals surface area contributed by atoms with Crippen LogP contribution in [0.5, 0.6) is 0 Å². The van der Waals surface area contributed by atoms with Crippen molar-refractivity contribution in [3.05, 3.63) is 62.0 Å². The van der Waals surface area contributed by atoms with Crippen molar-refractivity contribution < 1.29 is 9.18 Å². The fourth-order valence-corrected chi connectivity index (χ4v) is 7.29. The average molecular weight is 566 g/mol. The Hall–Kier alpha value is -3.16. The van der Waals surface area contributed by atoms with Crippen molar-refractivity contribution in [1.82, 2.24) is 9.47 Å². The smallest absolute Gasteiger partial charge is 0.270 e. The highest BCUT2D eigenvalue weighted by molar-refractivity contribution is 8.26. The standard InChI is InChI=1S/C29H32FN5O2S2/c1-3-34-26(33-15-13-32(14-16-33)24-12-8-7-11-23(24)30)21(19(2)22(18-31)27(34)36)17-25-28(37)35(29(38)39-25)20-9-5-4-6-10-20/h7-8,11-12,17,20H,3-6,9-10,13-16H2,1-2H3. The quantitative estimate of drug-likeness (QED) is 0.371. The lowest BCUT2D eigenvalue weighted by Gasteiger charge is -2.39. The predicted octanol–water partition coefficient (Wildman–Crippen LogP) is 5.05. The molecule has 0 N–H and O–H groups in total. The number of aromatic nitrogens is 1. The molecule has 1 aromatic heterocycles. The van der Waals surface area contributed by atoms with Crippen molar-refractivity contribution >= 4 is 51.8 Å². The van der Waals surface area contributed by atoms with E-state index >= 15 is 0 Å². The minimum Gasteiger partial charge on any atom is -0.366 e. The van der Waals surface area contributed by atoms with Crippen LogP contribution in [0.3, 0.4) is 0 Å². The summed E-state index contributed by atoms with van der Waals surface area (Å²) in [5.41, 5.74) is 1.56. The molecule has 0 unspecified atom stereocenters. The van der Waals surface area contributed by atoms with E-state index in [0.29, 0.717) is 64.6 Å². The van der Waals surface area contributed by atoms with Gasteiger partial charge in [0.15, 0.2) is 0 Å². The van der Waals surface area contributed by atoms with E-state index in [1.54, 1.807) is 28.5 Å². The van der Waals surface area contributed by atoms with Gasteiger partial charge in [-0.15, -0.1) is 0 Å². The summed E-state index contributed by atoms with van der Waals surface area (Å²) in [5.74, 6) is 0.334. The van der Waals surface area contributed by atoms with Gasteiger partial charge >= 0.3 is 0 Å². The number of para-hydroxylation sites is 1. The van der Waals surface area contributed by atoms with Crippen LogP contribution >= 0.6 is 24.0 Å². The fourth-order valence-electron chi connectivity index (χ4n) is 5.91. The summed E-state index contributed by atoms with van der Waals surface area (Å²) in [4.78, 5) is 33.3. The molecule has 2 aromatic rings. The van der Waals surface area contributed by atoms with Gasteiger partial charge in [-0.05, 0) is 50.5 Å². The number of carbonyl (C=O) groups excluding carboxylic acids is 1. The molecule has 1 amide bonds. The lowest BCUT2D eigenvalue weighted by atomic mass is 9.94. The molecule has 2 saturated heterocycles. The van der Waals surface area contributed by atoms with Gasteiger partial charge in [-0.25, -0.2) is 4.39 Å². The number of benzene rings is 1. The number of thioether (sulfide) groups is 1. The summed E-state index contributed by atoms with van der Waals surface area (Å²) in [7, 11) is 0. The highest BCUT2D eigenvalue weighted by Crippen LogP contribution is 2.39. The number of halogens is 1. The Bertz CT molecular complexity index is 1430. The van der Waals surface area contributed by atoms with Crippen LogP contribution in [0.1, 0.15) is 55.7 Å². The zero-order chi connectivity index (χ0) is 27.7. The summed E-state index contributed by atoms with van der Waals surface area (Å²) in [6.07, 6.45) is 7.10. The Labute approximate surface area is 237 Å². The van der Waals surface area contributed by atoms with Gasteiger partial charge in [-0.1, -0.05) is 55.4 Å². The van der Waals surface area contributed by atoms with Crippen LogP contribution in [-0.2, 0) is 11.3 Å². The Morgan fingerprint density at radius 1 is 1.10 bits per heavy atom. The monoisotopic (exact) mass is 565 g/mol. The van der Waals surface area contributed by atoms with Gasteiger partial charge in [-0.3, -0.25) is 19.1 Å². The van der Waals surface area contributed by atoms with Gasteiger partial charge < -0.3 is 9.80 Å². The molecular formula is C29H32FN5O2S2. The lowest BCUT2D eigenvalue weighted by Crippen LogP contribution is -2.49. The molecule has 0 spiro atoms. The molecule has 1 aromatic carbocycles. The summed E-state index contributed by atoms with van der Waals surface area (Å²) in [5, 5.41) is 9.86. The van der Waals surface area contributed by atoms with E-state index < -0.39 is 0 Å². The van der Waals surface area contributed by atoms with E-state index in [1.807, 2.05) is 24.0 Å². The number of carbonyl (C=O) groups is 1. The maximum Gasteiger partial charge on any atom is 0.270 e. The molecule has 0 bridgehead atoms. The zero-order valence-electron chi connectivity index (χ0n) is 22.3. The van der Waals surface area contributed by atoms with Crippen LogP contribution in [0, 0.1) is 24.1 Å². The Balaban J connectivity index is 1.53. The first-order chi connectivity index (χ1) is 18.8. The van der Waals surface area contributed by atoms with Crippen molar-refractivity contribution in [3.63, 3.8) is 0 Å². The lowest BCUT2D eigenvalue weighted by molar-refractivity contribution is -0.124. The molecule has 5 rings (SSSR count). The number of hydrogen-bond acceptors (Lipinski definition) is 7. The molecular weight excluding hydrogens is 533 g/mol. The summed E-state index contributed by atoms with van der Waals surface area (Å²) in [6.45, 7) is 6.28. The summed E-state index contributed by atoms with van der Waals surface area (Å²) < 4.78 is 16.6. The van der Waals surface area contributed by atoms with E-state index in [0.717, 1.165) is 25.7 Å². The molecule has 3 heterocycles. The predicted molar refractivity (Wildman–Crippen MR) is 159 cm³/mol. The highest BCUT2D eigenvalue weighted by atomic mass is 32.2. The minimum absolute atomic E-state index is 0.0830. The molecule has 0 atom stereocenters. The van der Waals surface area contributed by atoms with E-state index in [1.165, 1.54) is 24.2 Å². The first-order valence-corrected chi connectivity index (χ1v) is 14.8. The summed E-state index contributed by atoms with van der Waals surface area (Å²) in [6, 6.07) is 8.96. The van der Waals surface area contributed by atoms with Crippen molar-refractivity contribution in [2.75, 3.05) is 36.0 Å². The van der Waals surface area contributed by atoms with Gasteiger partial charge in [0.25, 0.3) is 11.5 Å². The largest absolute Gasteiger partial charge is 0.366 e. The summed E-state index contributed by atoms with van der Waals surface area (Å²) >= 11 is 6.94. The van der Waals surface area contributed by atoms with Gasteiger partial charge in [-0.2, -0.15) is 5.26 Å². The third kappa shape index (κ3) is 5.10. The SMILES string of the molecule is CCn1c(N2CCN(c3ccccc3F)CC2)c(C=C2SC(=S)N(C3CCCCC3)C2=O)c(C)c(C#N)c1=O. The Morgan fingerprint density at radius 2 is 1.77 bits per heavy atom. The van der Waals surface area contributed by atoms with E-state index in [9.17, 15) is 19.2 Å². The average Bonchev–Trinajstić information content (AvgIpc) is 3.23. The number of rotatable bonds is 5. The molecule has 0 radical (unpaired) electrons. The van der Waals surface area contributed by atoms with Crippen LogP contribution in [0.15, 0.2) is 34.0 Å². The molecule has 1 saturated carbocycles. The fraction of sp³-hybridized carbons (Fsp3) is 0.448. The first kappa shape index (κ1) is 27.4. The van der Waals surface area contributed by atoms with Crippen LogP contribution < -0.4 is 15.4 Å². The number of nitrogens with zero attached hydrogens (tertiary/aromatic N) is 5. The van der Waals surface area contributed by atoms with Crippen LogP contribution in [0.25, 0.3) is 6.08 Å². The zero-order valence-corrected chi connectivity index (χ0v) is 23.9. The number of amides is 1. The molecule has 3 aliphatic rings. The van der Waals surface area contributed by atoms with Crippen LogP contribution in [-0.4, -0.2) is 51.9 Å². The van der Waals surface area contributed by atoms with E-state index in [-0.39, 0.29) is 28.9 Å². The molecule has 39 heavy (non-hydrogen) atoms. The number of hydrogen-bond donors (Lipinski definition) is 0. The number of anilines is 2. The van der Waals surface area contributed by atoms with Crippen molar-refractivity contribution in [2.24, 2.45) is 0 Å². The van der Waals surface area contributed by atoms with Crippen molar-refractivity contribution in [1.29, 1.82) is 5.26 Å². The van der Waals surface area contributed by atoms with Gasteiger partial charge in [0.1, 0.15) is 27.6 Å². The van der Waals surface area contributed by atoms with Crippen LogP contribution in [0.4, 0.5) is 15.9 Å². The van der Waals surface area contributed by atoms with Crippen molar-refractivity contribution in [2.45, 2.75) is 58.5 Å². The number of piperazine rings is 1. The number of nitriles is 1. The molecule has 204 valence electrons. The van der Waals surface area contributed by atoms with Crippen LogP contribution in [0.2, 0.25) is 0 Å². The molecule has 2 aliphatic heterocycles. The highest BCUT2D eigenvalue weighted by Gasteiger charge is 2.38. The second-order valence-electron chi connectivity index (χ2n) is 10.2. The second-order valence-corrected chi connectivity index (χ2v) is 11.8. The normalized spacial score (nSPS) is 19.7. The Kier molecular flexibility index (Phi) is 8.10. The number of thiocarbonyl (C=S) groups is 1. The molecule has 10 heteroatoms. The maximum absolute atomic E-state index is 14.4. The first-order valence-electron chi connectivity index (χ1n) is 13.5. The van der Waals surface area contributed by atoms with Crippen molar-refractivity contribution in [3.8, 4) is 6.07 Å². The third-order valence-electron chi connectivity index (χ3n) is 7.97. The van der Waals surface area contributed by atoms with Gasteiger partial charge in [0.2, 0.25) is 0 Å². The van der Waals surface area contributed by atoms with Gasteiger partial charge in [0, 0.05) is 44.3 Å². The topological polar surface area (TPSA) is 72.6 Å². The van der Waals surface area contributed by atoms with E-state index in [2.05, 4.69) is 11.0 Å². The molecule has 7 nitrogen and oxygen atoms in total. The second kappa shape index (κ2) is 11.5. The Morgan fingerprint density at radius 3 is 2.41 bits per heavy atom. The maximum atomic E-state index is 14.4. The molecule has 1 aliphatic carbocycles. The van der Waals surface area contributed by atoms with Gasteiger partial charge in [0.05, 0.1) is 10.6 Å². The molecule has 3 fully saturated rings. The van der Waals surface area contributed by atoms with E-state index in [4.69, 9.17) is 12.2 Å². The third-order valence-corrected chi connectivity index (χ3v) is 9.30.